The van der Waals surface area contributed by atoms with Crippen molar-refractivity contribution >= 4 is 33.5 Å². The second-order valence-corrected chi connectivity index (χ2v) is 7.53. The van der Waals surface area contributed by atoms with Gasteiger partial charge in [0.1, 0.15) is 22.0 Å². The zero-order chi connectivity index (χ0) is 19.8. The maximum Gasteiger partial charge on any atom is 0.261 e. The topological polar surface area (TPSA) is 75.2 Å². The smallest absolute Gasteiger partial charge is 0.261 e. The van der Waals surface area contributed by atoms with E-state index in [1.807, 2.05) is 0 Å². The predicted octanol–water partition coefficient (Wildman–Crippen LogP) is 2.96. The number of nitrogens with one attached hydrogen (secondary N) is 1. The number of aromatic nitrogens is 2. The molecule has 0 spiro atoms. The number of amides is 2. The Kier molecular flexibility index (Phi) is 4.76. The van der Waals surface area contributed by atoms with Gasteiger partial charge >= 0.3 is 0 Å². The van der Waals surface area contributed by atoms with Crippen molar-refractivity contribution in [2.75, 3.05) is 20.1 Å². The second kappa shape index (κ2) is 7.23. The molecule has 0 bridgehead atoms. The number of benzene rings is 1. The number of hydrogen-bond donors (Lipinski definition) is 1. The van der Waals surface area contributed by atoms with Crippen LogP contribution in [-0.4, -0.2) is 46.8 Å². The quantitative estimate of drug-likeness (QED) is 0.731. The van der Waals surface area contributed by atoms with E-state index in [0.717, 1.165) is 23.8 Å². The molecule has 0 radical (unpaired) electrons. The van der Waals surface area contributed by atoms with Crippen molar-refractivity contribution in [3.8, 4) is 0 Å². The molecule has 9 heteroatoms. The van der Waals surface area contributed by atoms with Gasteiger partial charge in [-0.25, -0.2) is 13.8 Å². The molecule has 1 aliphatic heterocycles. The van der Waals surface area contributed by atoms with Gasteiger partial charge in [0.15, 0.2) is 0 Å². The monoisotopic (exact) mass is 402 g/mol. The Morgan fingerprint density at radius 1 is 1.18 bits per heavy atom. The van der Waals surface area contributed by atoms with E-state index < -0.39 is 17.5 Å². The van der Waals surface area contributed by atoms with Gasteiger partial charge in [0.25, 0.3) is 11.8 Å². The molecule has 6 nitrogen and oxygen atoms in total. The van der Waals surface area contributed by atoms with Gasteiger partial charge in [-0.15, -0.1) is 11.3 Å². The van der Waals surface area contributed by atoms with Crippen molar-refractivity contribution in [1.29, 1.82) is 0 Å². The van der Waals surface area contributed by atoms with E-state index in [0.29, 0.717) is 34.7 Å². The molecule has 1 saturated heterocycles. The largest absolute Gasteiger partial charge is 0.354 e. The van der Waals surface area contributed by atoms with Crippen molar-refractivity contribution in [2.45, 2.75) is 12.3 Å². The van der Waals surface area contributed by atoms with Crippen LogP contribution in [0.3, 0.4) is 0 Å². The third kappa shape index (κ3) is 3.22. The highest BCUT2D eigenvalue weighted by Gasteiger charge is 2.33. The molecule has 1 N–H and O–H groups in total. The lowest BCUT2D eigenvalue weighted by atomic mass is 9.97. The number of carbonyl (C=O) groups excluding carboxylic acids is 2. The van der Waals surface area contributed by atoms with E-state index in [1.54, 1.807) is 24.3 Å². The Morgan fingerprint density at radius 3 is 2.61 bits per heavy atom. The van der Waals surface area contributed by atoms with Crippen molar-refractivity contribution in [3.05, 3.63) is 58.2 Å². The number of carbonyl (C=O) groups is 2. The molecule has 0 aliphatic carbocycles. The highest BCUT2D eigenvalue weighted by molar-refractivity contribution is 7.20. The van der Waals surface area contributed by atoms with Gasteiger partial charge in [-0.3, -0.25) is 14.6 Å². The van der Waals surface area contributed by atoms with Gasteiger partial charge in [0.2, 0.25) is 0 Å². The Morgan fingerprint density at radius 2 is 1.89 bits per heavy atom. The molecule has 144 valence electrons. The summed E-state index contributed by atoms with van der Waals surface area (Å²) in [5.41, 5.74) is 1.40. The number of halogens is 2. The first kappa shape index (κ1) is 18.4. The van der Waals surface area contributed by atoms with Crippen LogP contribution < -0.4 is 5.32 Å². The van der Waals surface area contributed by atoms with Crippen LogP contribution in [0.15, 0.2) is 30.6 Å². The fourth-order valence-corrected chi connectivity index (χ4v) is 4.68. The Balaban J connectivity index is 1.66. The normalized spacial score (nSPS) is 16.5. The van der Waals surface area contributed by atoms with Gasteiger partial charge in [-0.05, 0) is 18.6 Å². The highest BCUT2D eigenvalue weighted by atomic mass is 32.1. The Labute approximate surface area is 163 Å². The molecule has 1 unspecified atom stereocenters. The molecule has 3 heterocycles. The van der Waals surface area contributed by atoms with Crippen LogP contribution in [0.25, 0.3) is 10.3 Å². The van der Waals surface area contributed by atoms with Crippen LogP contribution in [0.1, 0.15) is 37.9 Å². The van der Waals surface area contributed by atoms with Crippen molar-refractivity contribution in [3.63, 3.8) is 0 Å². The van der Waals surface area contributed by atoms with Gasteiger partial charge in [-0.1, -0.05) is 0 Å². The Bertz CT molecular complexity index is 1060. The number of nitrogens with zero attached hydrogens (tertiary/aromatic N) is 3. The molecule has 2 aromatic heterocycles. The van der Waals surface area contributed by atoms with Crippen LogP contribution in [0, 0.1) is 11.6 Å². The van der Waals surface area contributed by atoms with E-state index >= 15 is 0 Å². The second-order valence-electron chi connectivity index (χ2n) is 6.53. The molecule has 2 amide bonds. The minimum Gasteiger partial charge on any atom is -0.354 e. The van der Waals surface area contributed by atoms with E-state index in [1.165, 1.54) is 11.3 Å². The lowest BCUT2D eigenvalue weighted by Crippen LogP contribution is -2.29. The minimum atomic E-state index is -0.792. The maximum absolute atomic E-state index is 13.5. The zero-order valence-corrected chi connectivity index (χ0v) is 15.7. The molecule has 1 aliphatic rings. The summed E-state index contributed by atoms with van der Waals surface area (Å²) >= 11 is 1.27. The molecular weight excluding hydrogens is 386 g/mol. The standard InChI is InChI=1S/C19H16F2N4O2S/c1-22-17(26)16-14(15-18(28-16)24-4-3-23-15)10-2-5-25(9-10)19(27)11-6-12(20)8-13(21)7-11/h3-4,6-8,10H,2,5,9H2,1H3,(H,22,26). The number of thiophene rings is 1. The van der Waals surface area contributed by atoms with Crippen LogP contribution in [0.2, 0.25) is 0 Å². The third-order valence-corrected chi connectivity index (χ3v) is 5.89. The molecule has 0 saturated carbocycles. The van der Waals surface area contributed by atoms with Crippen LogP contribution in [0.5, 0.6) is 0 Å². The molecule has 3 aromatic rings. The molecule has 4 rings (SSSR count). The van der Waals surface area contributed by atoms with E-state index in [-0.39, 0.29) is 17.4 Å². The summed E-state index contributed by atoms with van der Waals surface area (Å²) in [6.45, 7) is 0.760. The van der Waals surface area contributed by atoms with Gasteiger partial charge in [-0.2, -0.15) is 0 Å². The first-order chi connectivity index (χ1) is 13.5. The lowest BCUT2D eigenvalue weighted by molar-refractivity contribution is 0.0789. The SMILES string of the molecule is CNC(=O)c1sc2nccnc2c1C1CCN(C(=O)c2cc(F)cc(F)c2)C1. The lowest BCUT2D eigenvalue weighted by Gasteiger charge is -2.17. The third-order valence-electron chi connectivity index (χ3n) is 4.79. The van der Waals surface area contributed by atoms with Crippen molar-refractivity contribution in [1.82, 2.24) is 20.2 Å². The van der Waals surface area contributed by atoms with Gasteiger partial charge in [0.05, 0.1) is 4.88 Å². The fraction of sp³-hybridized carbons (Fsp3) is 0.263. The number of likely N-dealkylation sites (tertiary alicyclic amines) is 1. The summed E-state index contributed by atoms with van der Waals surface area (Å²) in [5.74, 6) is -2.36. The molecule has 1 atom stereocenters. The predicted molar refractivity (Wildman–Crippen MR) is 100 cm³/mol. The fourth-order valence-electron chi connectivity index (χ4n) is 3.55. The summed E-state index contributed by atoms with van der Waals surface area (Å²) in [7, 11) is 1.56. The summed E-state index contributed by atoms with van der Waals surface area (Å²) in [6.07, 6.45) is 3.76. The maximum atomic E-state index is 13.5. The van der Waals surface area contributed by atoms with Crippen LogP contribution >= 0.6 is 11.3 Å². The van der Waals surface area contributed by atoms with E-state index in [2.05, 4.69) is 15.3 Å². The molecule has 1 fully saturated rings. The van der Waals surface area contributed by atoms with Gasteiger partial charge in [0, 0.05) is 55.6 Å². The highest BCUT2D eigenvalue weighted by Crippen LogP contribution is 2.38. The molecule has 28 heavy (non-hydrogen) atoms. The van der Waals surface area contributed by atoms with Gasteiger partial charge < -0.3 is 10.2 Å². The average molecular weight is 402 g/mol. The zero-order valence-electron chi connectivity index (χ0n) is 14.9. The summed E-state index contributed by atoms with van der Waals surface area (Å²) < 4.78 is 26.9. The Hall–Kier alpha value is -2.94. The summed E-state index contributed by atoms with van der Waals surface area (Å²) in [4.78, 5) is 36.4. The first-order valence-corrected chi connectivity index (χ1v) is 9.50. The van der Waals surface area contributed by atoms with E-state index in [4.69, 9.17) is 0 Å². The number of fused-ring (bicyclic) bond motifs is 1. The van der Waals surface area contributed by atoms with Crippen LogP contribution in [-0.2, 0) is 0 Å². The summed E-state index contributed by atoms with van der Waals surface area (Å²) in [6, 6.07) is 2.79. The summed E-state index contributed by atoms with van der Waals surface area (Å²) in [5, 5.41) is 2.63. The minimum absolute atomic E-state index is 0.0281. The van der Waals surface area contributed by atoms with E-state index in [9.17, 15) is 18.4 Å². The molecule has 1 aromatic carbocycles. The number of rotatable bonds is 3. The van der Waals surface area contributed by atoms with Crippen molar-refractivity contribution < 1.29 is 18.4 Å². The average Bonchev–Trinajstić information content (AvgIpc) is 3.30. The van der Waals surface area contributed by atoms with Crippen molar-refractivity contribution in [2.24, 2.45) is 0 Å². The van der Waals surface area contributed by atoms with Crippen LogP contribution in [0.4, 0.5) is 8.78 Å². The molecular formula is C19H16F2N4O2S. The number of hydrogen-bond acceptors (Lipinski definition) is 5. The first-order valence-electron chi connectivity index (χ1n) is 8.68.